The van der Waals surface area contributed by atoms with E-state index >= 15 is 0 Å². The predicted octanol–water partition coefficient (Wildman–Crippen LogP) is 3.64. The van der Waals surface area contributed by atoms with E-state index < -0.39 is 0 Å². The fraction of sp³-hybridized carbons (Fsp3) is 0.500. The van der Waals surface area contributed by atoms with Crippen LogP contribution in [0.2, 0.25) is 0 Å². The average Bonchev–Trinajstić information content (AvgIpc) is 3.13. The summed E-state index contributed by atoms with van der Waals surface area (Å²) in [6, 6.07) is 1.96. The minimum absolute atomic E-state index is 0.449. The number of hydrogen-bond donors (Lipinski definition) is 0. The Bertz CT molecular complexity index is 851. The van der Waals surface area contributed by atoms with Crippen molar-refractivity contribution in [3.63, 3.8) is 0 Å². The Morgan fingerprint density at radius 2 is 2.13 bits per heavy atom. The van der Waals surface area contributed by atoms with Gasteiger partial charge < -0.3 is 4.52 Å². The molecule has 118 valence electrons. The normalized spacial score (nSPS) is 19.7. The van der Waals surface area contributed by atoms with E-state index in [1.165, 1.54) is 32.1 Å². The number of rotatable bonds is 3. The Morgan fingerprint density at radius 3 is 2.83 bits per heavy atom. The summed E-state index contributed by atoms with van der Waals surface area (Å²) >= 11 is 1.55. The number of hydrogen-bond acceptors (Lipinski definition) is 6. The van der Waals surface area contributed by atoms with Crippen molar-refractivity contribution in [3.8, 4) is 22.2 Å². The van der Waals surface area contributed by atoms with E-state index in [-0.39, 0.29) is 0 Å². The molecule has 7 heteroatoms. The monoisotopic (exact) mass is 327 g/mol. The molecule has 3 aromatic heterocycles. The summed E-state index contributed by atoms with van der Waals surface area (Å²) in [4.78, 5) is 9.17. The van der Waals surface area contributed by atoms with Crippen LogP contribution in [0.5, 0.6) is 0 Å². The van der Waals surface area contributed by atoms with E-state index in [2.05, 4.69) is 20.2 Å². The summed E-state index contributed by atoms with van der Waals surface area (Å²) in [7, 11) is 1.90. The molecule has 2 aliphatic rings. The van der Waals surface area contributed by atoms with Gasteiger partial charge in [0.15, 0.2) is 0 Å². The Hall–Kier alpha value is -2.02. The zero-order valence-corrected chi connectivity index (χ0v) is 13.7. The minimum atomic E-state index is 0.449. The molecule has 2 saturated carbocycles. The summed E-state index contributed by atoms with van der Waals surface area (Å²) in [6.07, 6.45) is 8.48. The van der Waals surface area contributed by atoms with E-state index in [1.807, 2.05) is 24.7 Å². The summed E-state index contributed by atoms with van der Waals surface area (Å²) in [6.45, 7) is 0. The molecular weight excluding hydrogens is 310 g/mol. The zero-order chi connectivity index (χ0) is 15.4. The van der Waals surface area contributed by atoms with Gasteiger partial charge in [0.05, 0.1) is 0 Å². The van der Waals surface area contributed by atoms with Crippen LogP contribution >= 0.6 is 11.3 Å². The third kappa shape index (κ3) is 2.14. The first-order valence-electron chi connectivity index (χ1n) is 8.00. The molecule has 23 heavy (non-hydrogen) atoms. The molecule has 5 rings (SSSR count). The molecule has 0 saturated heterocycles. The second-order valence-electron chi connectivity index (χ2n) is 6.83. The number of nitrogens with zero attached hydrogens (tertiary/aromatic N) is 5. The SMILES string of the molecule is Cn1ccc(-c2nc(-c3noc(C4CC5(CCC5)C4)n3)cs2)n1. The predicted molar refractivity (Wildman–Crippen MR) is 85.9 cm³/mol. The average molecular weight is 327 g/mol. The third-order valence-electron chi connectivity index (χ3n) is 5.23. The molecule has 3 aromatic rings. The third-order valence-corrected chi connectivity index (χ3v) is 6.09. The van der Waals surface area contributed by atoms with Gasteiger partial charge in [0, 0.05) is 24.5 Å². The smallest absolute Gasteiger partial charge is 0.230 e. The van der Waals surface area contributed by atoms with Crippen LogP contribution in [0.4, 0.5) is 0 Å². The lowest BCUT2D eigenvalue weighted by Gasteiger charge is -2.53. The van der Waals surface area contributed by atoms with E-state index in [4.69, 9.17) is 4.52 Å². The van der Waals surface area contributed by atoms with Crippen LogP contribution in [-0.4, -0.2) is 24.9 Å². The molecule has 0 bridgehead atoms. The maximum Gasteiger partial charge on any atom is 0.230 e. The molecule has 0 aliphatic heterocycles. The maximum atomic E-state index is 5.49. The first-order valence-corrected chi connectivity index (χ1v) is 8.88. The summed E-state index contributed by atoms with van der Waals surface area (Å²) in [5.41, 5.74) is 2.26. The maximum absolute atomic E-state index is 5.49. The minimum Gasteiger partial charge on any atom is -0.339 e. The van der Waals surface area contributed by atoms with Crippen LogP contribution in [0.15, 0.2) is 22.2 Å². The van der Waals surface area contributed by atoms with Crippen molar-refractivity contribution in [2.45, 2.75) is 38.0 Å². The zero-order valence-electron chi connectivity index (χ0n) is 12.9. The molecule has 6 nitrogen and oxygen atoms in total. The van der Waals surface area contributed by atoms with E-state index in [9.17, 15) is 0 Å². The summed E-state index contributed by atoms with van der Waals surface area (Å²) in [5, 5.41) is 11.3. The highest BCUT2D eigenvalue weighted by Gasteiger charge is 2.50. The lowest BCUT2D eigenvalue weighted by Crippen LogP contribution is -2.41. The largest absolute Gasteiger partial charge is 0.339 e. The molecule has 0 amide bonds. The fourth-order valence-electron chi connectivity index (χ4n) is 3.77. The summed E-state index contributed by atoms with van der Waals surface area (Å²) in [5.74, 6) is 1.82. The fourth-order valence-corrected chi connectivity index (χ4v) is 4.54. The highest BCUT2D eigenvalue weighted by Crippen LogP contribution is 2.61. The number of aromatic nitrogens is 5. The highest BCUT2D eigenvalue weighted by molar-refractivity contribution is 7.13. The lowest BCUT2D eigenvalue weighted by molar-refractivity contribution is -0.00166. The second kappa shape index (κ2) is 4.74. The van der Waals surface area contributed by atoms with E-state index in [1.54, 1.807) is 16.0 Å². The molecule has 0 aromatic carbocycles. The molecule has 0 atom stereocenters. The van der Waals surface area contributed by atoms with E-state index in [0.717, 1.165) is 22.3 Å². The number of thiazole rings is 1. The quantitative estimate of drug-likeness (QED) is 0.734. The molecule has 1 spiro atoms. The topological polar surface area (TPSA) is 69.6 Å². The molecule has 0 radical (unpaired) electrons. The first kappa shape index (κ1) is 13.4. The van der Waals surface area contributed by atoms with Gasteiger partial charge in [0.25, 0.3) is 0 Å². The van der Waals surface area contributed by atoms with Crippen molar-refractivity contribution >= 4 is 11.3 Å². The Kier molecular flexibility index (Phi) is 2.76. The van der Waals surface area contributed by atoms with Crippen molar-refractivity contribution in [2.75, 3.05) is 0 Å². The van der Waals surface area contributed by atoms with Gasteiger partial charge >= 0.3 is 0 Å². The van der Waals surface area contributed by atoms with Gasteiger partial charge in [-0.05, 0) is 37.2 Å². The van der Waals surface area contributed by atoms with Crippen LogP contribution in [-0.2, 0) is 7.05 Å². The van der Waals surface area contributed by atoms with Crippen molar-refractivity contribution in [1.82, 2.24) is 24.9 Å². The van der Waals surface area contributed by atoms with Crippen LogP contribution in [0.3, 0.4) is 0 Å². The lowest BCUT2D eigenvalue weighted by atomic mass is 9.52. The highest BCUT2D eigenvalue weighted by atomic mass is 32.1. The van der Waals surface area contributed by atoms with Gasteiger partial charge in [0.1, 0.15) is 16.4 Å². The van der Waals surface area contributed by atoms with Gasteiger partial charge in [0.2, 0.25) is 11.7 Å². The Labute approximate surface area is 137 Å². The van der Waals surface area contributed by atoms with Gasteiger partial charge in [-0.1, -0.05) is 11.6 Å². The summed E-state index contributed by atoms with van der Waals surface area (Å²) < 4.78 is 7.26. The second-order valence-corrected chi connectivity index (χ2v) is 7.69. The first-order chi connectivity index (χ1) is 11.2. The molecule has 0 N–H and O–H groups in total. The van der Waals surface area contributed by atoms with E-state index in [0.29, 0.717) is 17.2 Å². The van der Waals surface area contributed by atoms with Crippen molar-refractivity contribution in [3.05, 3.63) is 23.5 Å². The van der Waals surface area contributed by atoms with Crippen molar-refractivity contribution in [1.29, 1.82) is 0 Å². The standard InChI is InChI=1S/C16H17N5OS/c1-21-6-3-11(19-21)15-17-12(9-23-15)13-18-14(22-20-13)10-7-16(8-10)4-2-5-16/h3,6,9-10H,2,4-5,7-8H2,1H3. The number of aryl methyl sites for hydroxylation is 1. The van der Waals surface area contributed by atoms with Gasteiger partial charge in [-0.25, -0.2) is 4.98 Å². The Morgan fingerprint density at radius 1 is 1.26 bits per heavy atom. The van der Waals surface area contributed by atoms with Crippen molar-refractivity contribution in [2.24, 2.45) is 12.5 Å². The van der Waals surface area contributed by atoms with Crippen LogP contribution < -0.4 is 0 Å². The molecule has 3 heterocycles. The van der Waals surface area contributed by atoms with Crippen LogP contribution in [0, 0.1) is 5.41 Å². The van der Waals surface area contributed by atoms with Gasteiger partial charge in [-0.2, -0.15) is 10.1 Å². The van der Waals surface area contributed by atoms with Gasteiger partial charge in [-0.3, -0.25) is 4.68 Å². The molecular formula is C16H17N5OS. The molecule has 2 fully saturated rings. The Balaban J connectivity index is 1.35. The van der Waals surface area contributed by atoms with Gasteiger partial charge in [-0.15, -0.1) is 11.3 Å². The van der Waals surface area contributed by atoms with Crippen molar-refractivity contribution < 1.29 is 4.52 Å². The molecule has 0 unspecified atom stereocenters. The van der Waals surface area contributed by atoms with Crippen LogP contribution in [0.25, 0.3) is 22.2 Å². The molecule has 2 aliphatic carbocycles. The van der Waals surface area contributed by atoms with Crippen LogP contribution in [0.1, 0.15) is 43.9 Å².